The van der Waals surface area contributed by atoms with Gasteiger partial charge in [-0.05, 0) is 23.8 Å². The molecule has 0 saturated carbocycles. The molecule has 0 fully saturated rings. The first-order valence-corrected chi connectivity index (χ1v) is 6.60. The Morgan fingerprint density at radius 1 is 1.24 bits per heavy atom. The van der Waals surface area contributed by atoms with Gasteiger partial charge in [0.25, 0.3) is 5.69 Å². The zero-order chi connectivity index (χ0) is 15.0. The van der Waals surface area contributed by atoms with Crippen LogP contribution in [0.3, 0.4) is 0 Å². The van der Waals surface area contributed by atoms with Crippen molar-refractivity contribution in [2.75, 3.05) is 0 Å². The number of hydrogen-bond donors (Lipinski definition) is 0. The molecule has 0 N–H and O–H groups in total. The van der Waals surface area contributed by atoms with Crippen LogP contribution in [0.1, 0.15) is 5.56 Å². The second kappa shape index (κ2) is 5.18. The summed E-state index contributed by atoms with van der Waals surface area (Å²) in [6, 6.07) is 11.1. The molecule has 0 atom stereocenters. The maximum absolute atomic E-state index is 13.4. The van der Waals surface area contributed by atoms with E-state index >= 15 is 0 Å². The Labute approximate surface area is 124 Å². The summed E-state index contributed by atoms with van der Waals surface area (Å²) in [6.07, 6.45) is 1.80. The largest absolute Gasteiger partial charge is 0.343 e. The maximum Gasteiger partial charge on any atom is 0.270 e. The lowest BCUT2D eigenvalue weighted by Crippen LogP contribution is -1.99. The molecular formula is C15H10ClFN2O2. The zero-order valence-electron chi connectivity index (χ0n) is 10.8. The summed E-state index contributed by atoms with van der Waals surface area (Å²) in [7, 11) is 0. The van der Waals surface area contributed by atoms with Gasteiger partial charge in [0.15, 0.2) is 0 Å². The summed E-state index contributed by atoms with van der Waals surface area (Å²) in [5.74, 6) is -0.457. The summed E-state index contributed by atoms with van der Waals surface area (Å²) in [4.78, 5) is 10.3. The van der Waals surface area contributed by atoms with Crippen molar-refractivity contribution < 1.29 is 9.31 Å². The topological polar surface area (TPSA) is 48.1 Å². The van der Waals surface area contributed by atoms with Crippen molar-refractivity contribution in [1.29, 1.82) is 0 Å². The van der Waals surface area contributed by atoms with Crippen LogP contribution in [0.15, 0.2) is 48.7 Å². The van der Waals surface area contributed by atoms with Crippen molar-refractivity contribution in [2.24, 2.45) is 0 Å². The van der Waals surface area contributed by atoms with Crippen LogP contribution >= 0.6 is 11.6 Å². The monoisotopic (exact) mass is 304 g/mol. The molecule has 0 aliphatic rings. The Kier molecular flexibility index (Phi) is 3.35. The highest BCUT2D eigenvalue weighted by Gasteiger charge is 2.11. The molecule has 21 heavy (non-hydrogen) atoms. The molecule has 0 radical (unpaired) electrons. The summed E-state index contributed by atoms with van der Waals surface area (Å²) < 4.78 is 15.3. The van der Waals surface area contributed by atoms with E-state index in [1.54, 1.807) is 30.5 Å². The van der Waals surface area contributed by atoms with E-state index in [4.69, 9.17) is 11.6 Å². The fourth-order valence-electron chi connectivity index (χ4n) is 2.29. The molecule has 4 nitrogen and oxygen atoms in total. The molecule has 3 aromatic rings. The van der Waals surface area contributed by atoms with Crippen LogP contribution in [0.5, 0.6) is 0 Å². The first kappa shape index (κ1) is 13.6. The third-order valence-corrected chi connectivity index (χ3v) is 3.76. The lowest BCUT2D eigenvalue weighted by molar-refractivity contribution is -0.384. The molecule has 0 bridgehead atoms. The number of nitro benzene ring substituents is 1. The van der Waals surface area contributed by atoms with Crippen LogP contribution < -0.4 is 0 Å². The highest BCUT2D eigenvalue weighted by atomic mass is 35.5. The number of benzene rings is 2. The van der Waals surface area contributed by atoms with Crippen LogP contribution in [0.4, 0.5) is 10.1 Å². The highest BCUT2D eigenvalue weighted by molar-refractivity contribution is 6.31. The quantitative estimate of drug-likeness (QED) is 0.532. The van der Waals surface area contributed by atoms with Gasteiger partial charge in [0.05, 0.1) is 9.95 Å². The van der Waals surface area contributed by atoms with Gasteiger partial charge < -0.3 is 4.57 Å². The number of non-ortho nitro benzene ring substituents is 1. The molecule has 0 saturated heterocycles. The third kappa shape index (κ3) is 2.48. The molecule has 3 rings (SSSR count). The van der Waals surface area contributed by atoms with E-state index < -0.39 is 10.7 Å². The number of nitrogens with zero attached hydrogens (tertiary/aromatic N) is 2. The minimum Gasteiger partial charge on any atom is -0.343 e. The van der Waals surface area contributed by atoms with Gasteiger partial charge in [0.2, 0.25) is 0 Å². The SMILES string of the molecule is O=[N+]([O-])c1ccc2c(ccn2Cc2cccc(F)c2Cl)c1. The molecule has 6 heteroatoms. The molecule has 0 amide bonds. The number of nitro groups is 1. The highest BCUT2D eigenvalue weighted by Crippen LogP contribution is 2.25. The normalized spacial score (nSPS) is 11.0. The summed E-state index contributed by atoms with van der Waals surface area (Å²) in [5, 5.41) is 11.6. The predicted molar refractivity (Wildman–Crippen MR) is 79.1 cm³/mol. The van der Waals surface area contributed by atoms with Gasteiger partial charge in [-0.3, -0.25) is 10.1 Å². The Bertz CT molecular complexity index is 845. The predicted octanol–water partition coefficient (Wildman–Crippen LogP) is 4.39. The molecule has 0 aliphatic carbocycles. The Balaban J connectivity index is 2.02. The van der Waals surface area contributed by atoms with E-state index in [9.17, 15) is 14.5 Å². The van der Waals surface area contributed by atoms with Crippen LogP contribution in [0.25, 0.3) is 10.9 Å². The standard InChI is InChI=1S/C15H10ClFN2O2/c16-15-11(2-1-3-13(15)17)9-18-7-6-10-8-12(19(20)21)4-5-14(10)18/h1-8H,9H2. The average molecular weight is 305 g/mol. The summed E-state index contributed by atoms with van der Waals surface area (Å²) in [6.45, 7) is 0.401. The fourth-order valence-corrected chi connectivity index (χ4v) is 2.48. The first-order valence-electron chi connectivity index (χ1n) is 6.22. The van der Waals surface area contributed by atoms with E-state index in [1.807, 2.05) is 4.57 Å². The molecule has 0 unspecified atom stereocenters. The van der Waals surface area contributed by atoms with Crippen molar-refractivity contribution >= 4 is 28.2 Å². The Morgan fingerprint density at radius 2 is 2.05 bits per heavy atom. The number of halogens is 2. The van der Waals surface area contributed by atoms with Gasteiger partial charge >= 0.3 is 0 Å². The Hall–Kier alpha value is -2.40. The maximum atomic E-state index is 13.4. The number of rotatable bonds is 3. The number of fused-ring (bicyclic) bond motifs is 1. The first-order chi connectivity index (χ1) is 10.1. The number of hydrogen-bond acceptors (Lipinski definition) is 2. The van der Waals surface area contributed by atoms with Crippen molar-refractivity contribution in [3.63, 3.8) is 0 Å². The van der Waals surface area contributed by atoms with Crippen LogP contribution in [-0.2, 0) is 6.54 Å². The van der Waals surface area contributed by atoms with Gasteiger partial charge in [0.1, 0.15) is 5.82 Å². The van der Waals surface area contributed by atoms with Crippen LogP contribution in [0.2, 0.25) is 5.02 Å². The summed E-state index contributed by atoms with van der Waals surface area (Å²) in [5.41, 5.74) is 1.54. The van der Waals surface area contributed by atoms with Crippen LogP contribution in [0, 0.1) is 15.9 Å². The second-order valence-corrected chi connectivity index (χ2v) is 5.03. The van der Waals surface area contributed by atoms with Crippen molar-refractivity contribution in [3.05, 3.63) is 75.2 Å². The van der Waals surface area contributed by atoms with Gasteiger partial charge in [-0.25, -0.2) is 4.39 Å². The number of aromatic nitrogens is 1. The molecule has 2 aromatic carbocycles. The van der Waals surface area contributed by atoms with Gasteiger partial charge in [0, 0.05) is 35.8 Å². The molecule has 106 valence electrons. The lowest BCUT2D eigenvalue weighted by atomic mass is 10.2. The van der Waals surface area contributed by atoms with E-state index in [1.165, 1.54) is 18.2 Å². The molecule has 0 spiro atoms. The minimum absolute atomic E-state index is 0.0454. The van der Waals surface area contributed by atoms with Gasteiger partial charge in [-0.1, -0.05) is 23.7 Å². The van der Waals surface area contributed by atoms with Crippen molar-refractivity contribution in [1.82, 2.24) is 4.57 Å². The smallest absolute Gasteiger partial charge is 0.270 e. The second-order valence-electron chi connectivity index (χ2n) is 4.66. The van der Waals surface area contributed by atoms with E-state index in [0.717, 1.165) is 10.9 Å². The van der Waals surface area contributed by atoms with Crippen molar-refractivity contribution in [2.45, 2.75) is 6.54 Å². The van der Waals surface area contributed by atoms with Crippen molar-refractivity contribution in [3.8, 4) is 0 Å². The van der Waals surface area contributed by atoms with Gasteiger partial charge in [-0.15, -0.1) is 0 Å². The minimum atomic E-state index is -0.457. The summed E-state index contributed by atoms with van der Waals surface area (Å²) >= 11 is 5.95. The molecular weight excluding hydrogens is 295 g/mol. The van der Waals surface area contributed by atoms with Crippen LogP contribution in [-0.4, -0.2) is 9.49 Å². The van der Waals surface area contributed by atoms with E-state index in [2.05, 4.69) is 0 Å². The molecule has 1 heterocycles. The lowest BCUT2D eigenvalue weighted by Gasteiger charge is -2.08. The van der Waals surface area contributed by atoms with E-state index in [-0.39, 0.29) is 10.7 Å². The van der Waals surface area contributed by atoms with E-state index in [0.29, 0.717) is 12.1 Å². The zero-order valence-corrected chi connectivity index (χ0v) is 11.5. The molecule has 1 aromatic heterocycles. The third-order valence-electron chi connectivity index (χ3n) is 3.34. The molecule has 0 aliphatic heterocycles. The Morgan fingerprint density at radius 3 is 2.81 bits per heavy atom. The fraction of sp³-hybridized carbons (Fsp3) is 0.0667. The van der Waals surface area contributed by atoms with Gasteiger partial charge in [-0.2, -0.15) is 0 Å². The average Bonchev–Trinajstić information content (AvgIpc) is 2.86.